The van der Waals surface area contributed by atoms with Crippen molar-refractivity contribution in [2.45, 2.75) is 51.9 Å². The highest BCUT2D eigenvalue weighted by Gasteiger charge is 2.70. The summed E-state index contributed by atoms with van der Waals surface area (Å²) in [5.74, 6) is -2.71. The van der Waals surface area contributed by atoms with Crippen molar-refractivity contribution in [3.05, 3.63) is 12.2 Å². The van der Waals surface area contributed by atoms with Crippen molar-refractivity contribution in [3.63, 3.8) is 0 Å². The first-order valence-corrected chi connectivity index (χ1v) is 7.90. The standard InChI is InChI=1S/C17H22O6/c1-7(2)14(18)21-12-9-6-8-10(15(19)22-13(8)12)11(9)16(20)23-17(3,4)5/h8-13H,1,6H2,2-5H3. The van der Waals surface area contributed by atoms with Gasteiger partial charge < -0.3 is 14.2 Å². The van der Waals surface area contributed by atoms with Crippen molar-refractivity contribution >= 4 is 17.9 Å². The van der Waals surface area contributed by atoms with Crippen molar-refractivity contribution in [1.29, 1.82) is 0 Å². The predicted molar refractivity (Wildman–Crippen MR) is 79.0 cm³/mol. The van der Waals surface area contributed by atoms with Gasteiger partial charge in [-0.3, -0.25) is 9.59 Å². The summed E-state index contributed by atoms with van der Waals surface area (Å²) in [6.45, 7) is 10.5. The van der Waals surface area contributed by atoms with E-state index >= 15 is 0 Å². The molecule has 2 aliphatic carbocycles. The maximum atomic E-state index is 12.6. The van der Waals surface area contributed by atoms with E-state index in [1.165, 1.54) is 0 Å². The molecule has 23 heavy (non-hydrogen) atoms. The minimum absolute atomic E-state index is 0.0760. The topological polar surface area (TPSA) is 78.9 Å². The molecule has 1 aliphatic heterocycles. The zero-order valence-corrected chi connectivity index (χ0v) is 13.8. The fourth-order valence-corrected chi connectivity index (χ4v) is 4.06. The third-order valence-corrected chi connectivity index (χ3v) is 4.82. The van der Waals surface area contributed by atoms with Crippen molar-refractivity contribution in [2.24, 2.45) is 23.7 Å². The third kappa shape index (κ3) is 2.54. The first-order chi connectivity index (χ1) is 10.6. The first-order valence-electron chi connectivity index (χ1n) is 7.90. The number of hydrogen-bond donors (Lipinski definition) is 0. The SMILES string of the molecule is C=C(C)C(=O)OC1C2CC3C1OC(=O)C3C2C(=O)OC(C)(C)C. The summed E-state index contributed by atoms with van der Waals surface area (Å²) in [6.07, 6.45) is -0.400. The average molecular weight is 322 g/mol. The van der Waals surface area contributed by atoms with Crippen LogP contribution in [0.1, 0.15) is 34.1 Å². The first kappa shape index (κ1) is 16.0. The van der Waals surface area contributed by atoms with Gasteiger partial charge in [-0.2, -0.15) is 0 Å². The summed E-state index contributed by atoms with van der Waals surface area (Å²) >= 11 is 0. The molecule has 0 amide bonds. The van der Waals surface area contributed by atoms with Crippen molar-refractivity contribution < 1.29 is 28.6 Å². The zero-order chi connectivity index (χ0) is 17.1. The Labute approximate surface area is 135 Å². The Hall–Kier alpha value is -1.85. The Morgan fingerprint density at radius 2 is 1.91 bits per heavy atom. The molecule has 3 rings (SSSR count). The number of ether oxygens (including phenoxy) is 3. The lowest BCUT2D eigenvalue weighted by Crippen LogP contribution is -2.45. The smallest absolute Gasteiger partial charge is 0.333 e. The molecule has 6 atom stereocenters. The van der Waals surface area contributed by atoms with Gasteiger partial charge in [0.05, 0.1) is 11.8 Å². The van der Waals surface area contributed by atoms with Crippen LogP contribution < -0.4 is 0 Å². The lowest BCUT2D eigenvalue weighted by atomic mass is 9.78. The van der Waals surface area contributed by atoms with Gasteiger partial charge in [0.25, 0.3) is 0 Å². The monoisotopic (exact) mass is 322 g/mol. The molecule has 3 aliphatic rings. The lowest BCUT2D eigenvalue weighted by molar-refractivity contribution is -0.170. The maximum absolute atomic E-state index is 12.6. The molecule has 0 aromatic rings. The van der Waals surface area contributed by atoms with Gasteiger partial charge in [0.1, 0.15) is 17.8 Å². The molecule has 2 saturated carbocycles. The van der Waals surface area contributed by atoms with Crippen LogP contribution in [-0.4, -0.2) is 35.7 Å². The molecule has 0 aromatic heterocycles. The Morgan fingerprint density at radius 3 is 2.48 bits per heavy atom. The number of hydrogen-bond acceptors (Lipinski definition) is 6. The quantitative estimate of drug-likeness (QED) is 0.446. The van der Waals surface area contributed by atoms with Crippen LogP contribution in [0.2, 0.25) is 0 Å². The van der Waals surface area contributed by atoms with Crippen LogP contribution in [0.25, 0.3) is 0 Å². The van der Waals surface area contributed by atoms with Crippen LogP contribution in [0.3, 0.4) is 0 Å². The highest BCUT2D eigenvalue weighted by molar-refractivity contribution is 5.88. The predicted octanol–water partition coefficient (Wildman–Crippen LogP) is 1.62. The molecule has 2 bridgehead atoms. The Bertz CT molecular complexity index is 586. The second kappa shape index (κ2) is 5.08. The normalized spacial score (nSPS) is 37.5. The number of carbonyl (C=O) groups excluding carboxylic acids is 3. The fourth-order valence-electron chi connectivity index (χ4n) is 4.06. The van der Waals surface area contributed by atoms with E-state index in [1.54, 1.807) is 27.7 Å². The molecule has 6 nitrogen and oxygen atoms in total. The second-order valence-corrected chi connectivity index (χ2v) is 7.70. The highest BCUT2D eigenvalue weighted by atomic mass is 16.6. The summed E-state index contributed by atoms with van der Waals surface area (Å²) in [6, 6.07) is 0. The summed E-state index contributed by atoms with van der Waals surface area (Å²) in [5.41, 5.74) is -0.354. The minimum atomic E-state index is -0.634. The van der Waals surface area contributed by atoms with Gasteiger partial charge in [-0.15, -0.1) is 0 Å². The lowest BCUT2D eigenvalue weighted by Gasteiger charge is -2.32. The van der Waals surface area contributed by atoms with Gasteiger partial charge in [0.2, 0.25) is 0 Å². The summed E-state index contributed by atoms with van der Waals surface area (Å²) in [5, 5.41) is 0. The van der Waals surface area contributed by atoms with Gasteiger partial charge >= 0.3 is 17.9 Å². The molecular formula is C17H22O6. The largest absolute Gasteiger partial charge is 0.460 e. The van der Waals surface area contributed by atoms with E-state index in [9.17, 15) is 14.4 Å². The van der Waals surface area contributed by atoms with E-state index in [-0.39, 0.29) is 23.4 Å². The van der Waals surface area contributed by atoms with Crippen molar-refractivity contribution in [2.75, 3.05) is 0 Å². The van der Waals surface area contributed by atoms with Gasteiger partial charge in [-0.05, 0) is 34.1 Å². The van der Waals surface area contributed by atoms with E-state index in [1.807, 2.05) is 0 Å². The molecule has 0 radical (unpaired) electrons. The molecule has 0 N–H and O–H groups in total. The van der Waals surface area contributed by atoms with Gasteiger partial charge in [0.15, 0.2) is 0 Å². The molecule has 1 saturated heterocycles. The molecule has 126 valence electrons. The molecule has 0 aromatic carbocycles. The molecule has 6 heteroatoms. The minimum Gasteiger partial charge on any atom is -0.460 e. The maximum Gasteiger partial charge on any atom is 0.333 e. The van der Waals surface area contributed by atoms with E-state index in [0.717, 1.165) is 0 Å². The van der Waals surface area contributed by atoms with E-state index in [0.29, 0.717) is 6.42 Å². The van der Waals surface area contributed by atoms with Gasteiger partial charge in [-0.1, -0.05) is 6.58 Å². The molecule has 6 unspecified atom stereocenters. The van der Waals surface area contributed by atoms with E-state index < -0.39 is 41.6 Å². The summed E-state index contributed by atoms with van der Waals surface area (Å²) < 4.78 is 16.3. The zero-order valence-electron chi connectivity index (χ0n) is 13.8. The van der Waals surface area contributed by atoms with Crippen LogP contribution in [-0.2, 0) is 28.6 Å². The molecule has 3 fully saturated rings. The number of fused-ring (bicyclic) bond motifs is 1. The van der Waals surface area contributed by atoms with Crippen LogP contribution in [0.4, 0.5) is 0 Å². The average Bonchev–Trinajstić information content (AvgIpc) is 2.99. The Balaban J connectivity index is 1.84. The van der Waals surface area contributed by atoms with E-state index in [2.05, 4.69) is 6.58 Å². The Morgan fingerprint density at radius 1 is 1.26 bits per heavy atom. The van der Waals surface area contributed by atoms with E-state index in [4.69, 9.17) is 14.2 Å². The second-order valence-electron chi connectivity index (χ2n) is 7.70. The van der Waals surface area contributed by atoms with Gasteiger partial charge in [-0.25, -0.2) is 4.79 Å². The Kier molecular flexibility index (Phi) is 3.54. The van der Waals surface area contributed by atoms with Crippen LogP contribution in [0.5, 0.6) is 0 Å². The third-order valence-electron chi connectivity index (χ3n) is 4.82. The molecular weight excluding hydrogens is 300 g/mol. The number of esters is 3. The summed E-state index contributed by atoms with van der Waals surface area (Å²) in [7, 11) is 0. The van der Waals surface area contributed by atoms with Crippen molar-refractivity contribution in [3.8, 4) is 0 Å². The van der Waals surface area contributed by atoms with Crippen LogP contribution >= 0.6 is 0 Å². The van der Waals surface area contributed by atoms with Gasteiger partial charge in [0, 0.05) is 17.4 Å². The number of rotatable bonds is 3. The fraction of sp³-hybridized carbons (Fsp3) is 0.706. The number of carbonyl (C=O) groups is 3. The summed E-state index contributed by atoms with van der Waals surface area (Å²) in [4.78, 5) is 36.6. The molecule has 1 heterocycles. The van der Waals surface area contributed by atoms with Crippen LogP contribution in [0.15, 0.2) is 12.2 Å². The van der Waals surface area contributed by atoms with Crippen LogP contribution in [0, 0.1) is 23.7 Å². The van der Waals surface area contributed by atoms with Crippen molar-refractivity contribution in [1.82, 2.24) is 0 Å². The molecule has 0 spiro atoms. The highest BCUT2D eigenvalue weighted by Crippen LogP contribution is 2.59.